The van der Waals surface area contributed by atoms with Crippen LogP contribution < -0.4 is 27.0 Å². The predicted octanol–water partition coefficient (Wildman–Crippen LogP) is -1.75. The van der Waals surface area contributed by atoms with Crippen LogP contribution in [0.4, 0.5) is 0 Å². The van der Waals surface area contributed by atoms with Gasteiger partial charge in [-0.05, 0) is 30.4 Å². The van der Waals surface area contributed by atoms with Gasteiger partial charge in [0.05, 0.1) is 18.9 Å². The third kappa shape index (κ3) is 8.44. The monoisotopic (exact) mass is 512 g/mol. The Morgan fingerprint density at radius 2 is 1.65 bits per heavy atom. The van der Waals surface area contributed by atoms with Crippen molar-refractivity contribution in [3.63, 3.8) is 0 Å². The van der Waals surface area contributed by atoms with E-state index in [9.17, 15) is 28.8 Å². The number of nitrogens with zero attached hydrogens (tertiary/aromatic N) is 1. The van der Waals surface area contributed by atoms with Crippen molar-refractivity contribution in [3.05, 3.63) is 47.5 Å². The Bertz CT molecular complexity index is 1090. The van der Waals surface area contributed by atoms with Crippen molar-refractivity contribution in [2.24, 2.45) is 11.7 Å². The molecule has 2 unspecified atom stereocenters. The van der Waals surface area contributed by atoms with Crippen molar-refractivity contribution in [1.82, 2.24) is 26.2 Å². The summed E-state index contributed by atoms with van der Waals surface area (Å²) in [6.07, 6.45) is 3.42. The van der Waals surface area contributed by atoms with Crippen LogP contribution in [0.5, 0.6) is 0 Å². The smallest absolute Gasteiger partial charge is 0.246 e. The Labute approximate surface area is 214 Å². The van der Waals surface area contributed by atoms with Gasteiger partial charge in [0.25, 0.3) is 0 Å². The molecule has 0 radical (unpaired) electrons. The standard InChI is InChI=1S/C25H32N6O6/c26-24(36)19-9-10-27-20(32)7-8-23(35)31-11-3-6-18(15-31)25(37)29-14-22(34)28-13-17-5-2-1-4-16(17)12-21(33)30-19/h1-2,4-5,7-8,18-19H,3,6,9-15H2,(H2,26,36)(H,27,32)(H,28,34)(H,29,37)(H,30,33)/b8-7+. The molecule has 2 atom stereocenters. The van der Waals surface area contributed by atoms with Gasteiger partial charge in [-0.1, -0.05) is 24.3 Å². The molecule has 37 heavy (non-hydrogen) atoms. The molecule has 1 saturated heterocycles. The molecule has 2 heterocycles. The largest absolute Gasteiger partial charge is 0.368 e. The minimum absolute atomic E-state index is 0.0415. The number of carbonyl (C=O) groups is 6. The minimum atomic E-state index is -1.00. The van der Waals surface area contributed by atoms with Gasteiger partial charge in [0.15, 0.2) is 0 Å². The first kappa shape index (κ1) is 27.4. The van der Waals surface area contributed by atoms with E-state index in [4.69, 9.17) is 5.73 Å². The predicted molar refractivity (Wildman–Crippen MR) is 132 cm³/mol. The summed E-state index contributed by atoms with van der Waals surface area (Å²) in [6.45, 7) is 0.591. The molecule has 198 valence electrons. The molecule has 3 rings (SSSR count). The quantitative estimate of drug-likeness (QED) is 0.297. The third-order valence-corrected chi connectivity index (χ3v) is 6.26. The number of nitrogens with two attached hydrogens (primary N) is 1. The lowest BCUT2D eigenvalue weighted by molar-refractivity contribution is -0.133. The first-order valence-electron chi connectivity index (χ1n) is 12.2. The Morgan fingerprint density at radius 3 is 2.41 bits per heavy atom. The summed E-state index contributed by atoms with van der Waals surface area (Å²) in [5, 5.41) is 10.5. The number of hydrogen-bond donors (Lipinski definition) is 5. The normalized spacial score (nSPS) is 23.7. The molecule has 0 aromatic heterocycles. The van der Waals surface area contributed by atoms with Crippen molar-refractivity contribution in [2.75, 3.05) is 26.2 Å². The van der Waals surface area contributed by atoms with Crippen molar-refractivity contribution in [1.29, 1.82) is 0 Å². The summed E-state index contributed by atoms with van der Waals surface area (Å²) in [5.41, 5.74) is 6.78. The molecular formula is C25H32N6O6. The maximum Gasteiger partial charge on any atom is 0.246 e. The topological polar surface area (TPSA) is 180 Å². The molecule has 2 bridgehead atoms. The van der Waals surface area contributed by atoms with Crippen LogP contribution in [0, 0.1) is 5.92 Å². The van der Waals surface area contributed by atoms with Crippen molar-refractivity contribution in [3.8, 4) is 0 Å². The van der Waals surface area contributed by atoms with Crippen LogP contribution in [0.15, 0.2) is 36.4 Å². The maximum atomic E-state index is 12.6. The lowest BCUT2D eigenvalue weighted by Gasteiger charge is -2.31. The molecule has 12 heteroatoms. The van der Waals surface area contributed by atoms with E-state index in [1.807, 2.05) is 0 Å². The number of primary amides is 1. The van der Waals surface area contributed by atoms with Gasteiger partial charge in [-0.25, -0.2) is 0 Å². The highest BCUT2D eigenvalue weighted by Crippen LogP contribution is 2.17. The number of benzene rings is 1. The number of piperidine rings is 1. The van der Waals surface area contributed by atoms with Gasteiger partial charge in [0, 0.05) is 38.3 Å². The second-order valence-corrected chi connectivity index (χ2v) is 9.00. The van der Waals surface area contributed by atoms with Crippen LogP contribution in [-0.4, -0.2) is 72.6 Å². The molecule has 1 aromatic rings. The Kier molecular flexibility index (Phi) is 9.76. The van der Waals surface area contributed by atoms with Gasteiger partial charge in [-0.15, -0.1) is 0 Å². The van der Waals surface area contributed by atoms with Crippen LogP contribution in [0.1, 0.15) is 30.4 Å². The summed E-state index contributed by atoms with van der Waals surface area (Å²) in [7, 11) is 0. The first-order valence-corrected chi connectivity index (χ1v) is 12.2. The maximum absolute atomic E-state index is 12.6. The average molecular weight is 513 g/mol. The second-order valence-electron chi connectivity index (χ2n) is 9.00. The van der Waals surface area contributed by atoms with Gasteiger partial charge in [-0.3, -0.25) is 28.8 Å². The Morgan fingerprint density at radius 1 is 0.892 bits per heavy atom. The fourth-order valence-corrected chi connectivity index (χ4v) is 4.22. The summed E-state index contributed by atoms with van der Waals surface area (Å²) in [6, 6.07) is 6.03. The van der Waals surface area contributed by atoms with Crippen LogP contribution in [0.3, 0.4) is 0 Å². The van der Waals surface area contributed by atoms with Gasteiger partial charge in [0.2, 0.25) is 35.4 Å². The zero-order chi connectivity index (χ0) is 26.8. The van der Waals surface area contributed by atoms with Crippen molar-refractivity contribution >= 4 is 35.4 Å². The van der Waals surface area contributed by atoms with Gasteiger partial charge >= 0.3 is 0 Å². The summed E-state index contributed by atoms with van der Waals surface area (Å²) < 4.78 is 0. The van der Waals surface area contributed by atoms with Crippen LogP contribution in [0.25, 0.3) is 0 Å². The molecule has 2 aliphatic rings. The van der Waals surface area contributed by atoms with Crippen LogP contribution in [0.2, 0.25) is 0 Å². The van der Waals surface area contributed by atoms with Gasteiger partial charge in [-0.2, -0.15) is 0 Å². The fraction of sp³-hybridized carbons (Fsp3) is 0.440. The zero-order valence-corrected chi connectivity index (χ0v) is 20.5. The summed E-state index contributed by atoms with van der Waals surface area (Å²) in [4.78, 5) is 75.5. The minimum Gasteiger partial charge on any atom is -0.368 e. The SMILES string of the molecule is NC(=O)C1CCNC(=O)/C=C/C(=O)N2CCCC(C2)C(=O)NCC(=O)NCc2ccccc2CC(=O)N1. The third-order valence-electron chi connectivity index (χ3n) is 6.26. The lowest BCUT2D eigenvalue weighted by atomic mass is 9.97. The van der Waals surface area contributed by atoms with Crippen LogP contribution in [-0.2, 0) is 41.7 Å². The Hall–Kier alpha value is -4.22. The van der Waals surface area contributed by atoms with E-state index in [-0.39, 0.29) is 44.9 Å². The Balaban J connectivity index is 1.75. The van der Waals surface area contributed by atoms with Crippen molar-refractivity contribution in [2.45, 2.75) is 38.3 Å². The highest BCUT2D eigenvalue weighted by molar-refractivity contribution is 5.97. The first-order chi connectivity index (χ1) is 17.7. The van der Waals surface area contributed by atoms with E-state index in [2.05, 4.69) is 21.3 Å². The fourth-order valence-electron chi connectivity index (χ4n) is 4.22. The van der Waals surface area contributed by atoms with E-state index in [0.717, 1.165) is 12.2 Å². The molecule has 6 amide bonds. The molecule has 6 N–H and O–H groups in total. The zero-order valence-electron chi connectivity index (χ0n) is 20.5. The number of hydrogen-bond acceptors (Lipinski definition) is 6. The molecule has 0 spiro atoms. The van der Waals surface area contributed by atoms with Crippen LogP contribution >= 0.6 is 0 Å². The molecule has 12 nitrogen and oxygen atoms in total. The van der Waals surface area contributed by atoms with Gasteiger partial charge in [0.1, 0.15) is 6.04 Å². The van der Waals surface area contributed by atoms with E-state index in [1.165, 1.54) is 4.90 Å². The lowest BCUT2D eigenvalue weighted by Crippen LogP contribution is -2.47. The number of rotatable bonds is 1. The number of amides is 6. The van der Waals surface area contributed by atoms with E-state index >= 15 is 0 Å². The summed E-state index contributed by atoms with van der Waals surface area (Å²) >= 11 is 0. The number of fused-ring (bicyclic) bond motifs is 3. The molecule has 2 aliphatic heterocycles. The van der Waals surface area contributed by atoms with Gasteiger partial charge < -0.3 is 31.9 Å². The number of carbonyl (C=O) groups excluding carboxylic acids is 6. The average Bonchev–Trinajstić information content (AvgIpc) is 2.88. The molecule has 0 saturated carbocycles. The highest BCUT2D eigenvalue weighted by Gasteiger charge is 2.28. The second kappa shape index (κ2) is 13.2. The summed E-state index contributed by atoms with van der Waals surface area (Å²) in [5.74, 6) is -3.33. The van der Waals surface area contributed by atoms with E-state index in [0.29, 0.717) is 30.5 Å². The molecular weight excluding hydrogens is 480 g/mol. The molecule has 1 fully saturated rings. The van der Waals surface area contributed by atoms with E-state index in [1.54, 1.807) is 24.3 Å². The number of nitrogens with one attached hydrogen (secondary N) is 4. The molecule has 0 aliphatic carbocycles. The molecule has 1 aromatic carbocycles. The highest BCUT2D eigenvalue weighted by atomic mass is 16.2. The van der Waals surface area contributed by atoms with Crippen molar-refractivity contribution < 1.29 is 28.8 Å². The van der Waals surface area contributed by atoms with E-state index < -0.39 is 41.5 Å².